The van der Waals surface area contributed by atoms with Gasteiger partial charge in [0.25, 0.3) is 5.92 Å². The number of aromatic nitrogens is 1. The summed E-state index contributed by atoms with van der Waals surface area (Å²) in [6.07, 6.45) is 5.86. The maximum absolute atomic E-state index is 14.1. The summed E-state index contributed by atoms with van der Waals surface area (Å²) in [4.78, 5) is 24.0. The van der Waals surface area contributed by atoms with Gasteiger partial charge in [-0.15, -0.1) is 0 Å². The molecular weight excluding hydrogens is 469 g/mol. The molecule has 1 unspecified atom stereocenters. The summed E-state index contributed by atoms with van der Waals surface area (Å²) in [6.45, 7) is 11.2. The molecule has 0 fully saturated rings. The van der Waals surface area contributed by atoms with Gasteiger partial charge in [0.05, 0.1) is 5.69 Å². The summed E-state index contributed by atoms with van der Waals surface area (Å²) in [6, 6.07) is 6.84. The number of aldehydes is 1. The number of benzene rings is 1. The summed E-state index contributed by atoms with van der Waals surface area (Å²) in [7, 11) is 1.00. The molecule has 2 aromatic rings. The number of halogens is 3. The lowest BCUT2D eigenvalue weighted by molar-refractivity contribution is -0.117. The number of rotatable bonds is 9. The van der Waals surface area contributed by atoms with Gasteiger partial charge in [0.2, 0.25) is 5.91 Å². The summed E-state index contributed by atoms with van der Waals surface area (Å²) in [5.41, 5.74) is 1.69. The molecule has 202 valence electrons. The summed E-state index contributed by atoms with van der Waals surface area (Å²) >= 11 is 0. The molecular formula is C28H41F3N2O3. The maximum Gasteiger partial charge on any atom is 0.282 e. The van der Waals surface area contributed by atoms with E-state index in [-0.39, 0.29) is 17.9 Å². The van der Waals surface area contributed by atoms with Gasteiger partial charge in [-0.25, -0.2) is 13.2 Å². The molecule has 1 aromatic carbocycles. The normalized spacial score (nSPS) is 12.9. The Morgan fingerprint density at radius 3 is 2.28 bits per heavy atom. The van der Waals surface area contributed by atoms with Crippen LogP contribution in [0.1, 0.15) is 65.4 Å². The number of alkyl halides is 3. The Balaban J connectivity index is 0.00000291. The van der Waals surface area contributed by atoms with E-state index in [4.69, 9.17) is 5.11 Å². The van der Waals surface area contributed by atoms with E-state index in [1.54, 1.807) is 47.9 Å². The maximum atomic E-state index is 14.1. The van der Waals surface area contributed by atoms with E-state index >= 15 is 0 Å². The summed E-state index contributed by atoms with van der Waals surface area (Å²) < 4.78 is 42.7. The van der Waals surface area contributed by atoms with E-state index in [9.17, 15) is 22.8 Å². The topological polar surface area (TPSA) is 71.3 Å². The van der Waals surface area contributed by atoms with Gasteiger partial charge in [-0.3, -0.25) is 9.59 Å². The average molecular weight is 511 g/mol. The van der Waals surface area contributed by atoms with E-state index in [0.29, 0.717) is 40.6 Å². The van der Waals surface area contributed by atoms with Gasteiger partial charge in [0, 0.05) is 42.6 Å². The standard InChI is InChI=1S/C25H31F3N2O2.C2H6.CH4O/c1-6-7-8-18(17(2)25(27,28)16-26)14-30-21(15-31)12-19-11-20(9-10-22(19)30)29-23(32)13-24(3,4)5;2*1-2/h6-12,15,17H,13-14,16H2,1-5H3,(H,29,32);1-2H3;2H,1H3/b7-6-,18-8-;;. The molecule has 0 saturated heterocycles. The number of fused-ring (bicyclic) bond motifs is 1. The number of aliphatic hydroxyl groups is 1. The van der Waals surface area contributed by atoms with Gasteiger partial charge in [-0.2, -0.15) is 0 Å². The lowest BCUT2D eigenvalue weighted by Gasteiger charge is -2.24. The smallest absolute Gasteiger partial charge is 0.282 e. The van der Waals surface area contributed by atoms with Crippen LogP contribution in [0.5, 0.6) is 0 Å². The molecule has 2 rings (SSSR count). The van der Waals surface area contributed by atoms with Crippen molar-refractivity contribution in [2.75, 3.05) is 19.1 Å². The highest BCUT2D eigenvalue weighted by atomic mass is 19.3. The number of hydrogen-bond acceptors (Lipinski definition) is 3. The predicted molar refractivity (Wildman–Crippen MR) is 143 cm³/mol. The number of allylic oxidation sites excluding steroid dienone is 4. The number of aliphatic hydroxyl groups excluding tert-OH is 1. The Kier molecular flexibility index (Phi) is 14.1. The van der Waals surface area contributed by atoms with Gasteiger partial charge >= 0.3 is 0 Å². The quantitative estimate of drug-likeness (QED) is 0.277. The van der Waals surface area contributed by atoms with E-state index in [1.807, 2.05) is 34.6 Å². The second kappa shape index (κ2) is 15.3. The molecule has 36 heavy (non-hydrogen) atoms. The van der Waals surface area contributed by atoms with Crippen LogP contribution in [0.3, 0.4) is 0 Å². The van der Waals surface area contributed by atoms with Gasteiger partial charge < -0.3 is 15.0 Å². The van der Waals surface area contributed by atoms with Crippen molar-refractivity contribution in [3.63, 3.8) is 0 Å². The first-order valence-corrected chi connectivity index (χ1v) is 12.0. The van der Waals surface area contributed by atoms with Crippen LogP contribution < -0.4 is 5.32 Å². The van der Waals surface area contributed by atoms with Crippen LogP contribution in [0.2, 0.25) is 0 Å². The van der Waals surface area contributed by atoms with E-state index in [0.717, 1.165) is 7.11 Å². The van der Waals surface area contributed by atoms with Crippen molar-refractivity contribution in [3.8, 4) is 0 Å². The molecule has 1 aromatic heterocycles. The Bertz CT molecular complexity index is 1030. The molecule has 0 aliphatic carbocycles. The second-order valence-corrected chi connectivity index (χ2v) is 9.22. The zero-order valence-electron chi connectivity index (χ0n) is 22.7. The van der Waals surface area contributed by atoms with Gasteiger partial charge in [-0.1, -0.05) is 59.8 Å². The van der Waals surface area contributed by atoms with Crippen molar-refractivity contribution >= 4 is 28.8 Å². The van der Waals surface area contributed by atoms with Crippen molar-refractivity contribution in [1.29, 1.82) is 0 Å². The highest BCUT2D eigenvalue weighted by Crippen LogP contribution is 2.33. The van der Waals surface area contributed by atoms with Crippen molar-refractivity contribution in [2.45, 2.75) is 67.4 Å². The van der Waals surface area contributed by atoms with E-state index in [2.05, 4.69) is 5.32 Å². The molecule has 1 heterocycles. The predicted octanol–water partition coefficient (Wildman–Crippen LogP) is 7.21. The Hall–Kier alpha value is -2.87. The number of nitrogens with zero attached hydrogens (tertiary/aromatic N) is 1. The van der Waals surface area contributed by atoms with Crippen molar-refractivity contribution < 1.29 is 27.9 Å². The third kappa shape index (κ3) is 9.64. The van der Waals surface area contributed by atoms with Crippen LogP contribution in [-0.4, -0.2) is 41.6 Å². The lowest BCUT2D eigenvalue weighted by atomic mass is 9.92. The largest absolute Gasteiger partial charge is 0.400 e. The monoisotopic (exact) mass is 510 g/mol. The van der Waals surface area contributed by atoms with Crippen molar-refractivity contribution in [1.82, 2.24) is 4.57 Å². The second-order valence-electron chi connectivity index (χ2n) is 9.22. The fraction of sp³-hybridized carbons (Fsp3) is 0.500. The van der Waals surface area contributed by atoms with Crippen LogP contribution in [0.25, 0.3) is 10.9 Å². The highest BCUT2D eigenvalue weighted by molar-refractivity contribution is 5.96. The summed E-state index contributed by atoms with van der Waals surface area (Å²) in [5.74, 6) is -4.98. The SMILES string of the molecule is C/C=C\C=C(\Cn1c(C=O)cc2cc(NC(=O)CC(C)(C)C)ccc21)C(C)C(F)(F)CF.CC.CO. The number of hydrogen-bond donors (Lipinski definition) is 2. The molecule has 1 atom stereocenters. The van der Waals surface area contributed by atoms with Crippen LogP contribution in [0, 0.1) is 11.3 Å². The fourth-order valence-electron chi connectivity index (χ4n) is 3.45. The number of carbonyl (C=O) groups excluding carboxylic acids is 2. The van der Waals surface area contributed by atoms with Crippen molar-refractivity contribution in [2.24, 2.45) is 11.3 Å². The molecule has 8 heteroatoms. The number of amides is 1. The third-order valence-electron chi connectivity index (χ3n) is 5.24. The van der Waals surface area contributed by atoms with Gasteiger partial charge in [0.1, 0.15) is 0 Å². The zero-order valence-corrected chi connectivity index (χ0v) is 22.7. The van der Waals surface area contributed by atoms with Gasteiger partial charge in [-0.05, 0) is 42.2 Å². The Labute approximate surface area is 213 Å². The molecule has 5 nitrogen and oxygen atoms in total. The zero-order chi connectivity index (χ0) is 28.1. The number of carbonyl (C=O) groups is 2. The Morgan fingerprint density at radius 1 is 1.17 bits per heavy atom. The number of anilines is 1. The van der Waals surface area contributed by atoms with Crippen molar-refractivity contribution in [3.05, 3.63) is 53.8 Å². The molecule has 0 radical (unpaired) electrons. The lowest BCUT2D eigenvalue weighted by Crippen LogP contribution is -2.31. The minimum atomic E-state index is -3.51. The van der Waals surface area contributed by atoms with Gasteiger partial charge in [0.15, 0.2) is 13.0 Å². The minimum Gasteiger partial charge on any atom is -0.400 e. The molecule has 0 spiro atoms. The highest BCUT2D eigenvalue weighted by Gasteiger charge is 2.38. The molecule has 0 aliphatic rings. The van der Waals surface area contributed by atoms with Crippen LogP contribution in [0.4, 0.5) is 18.9 Å². The molecule has 2 N–H and O–H groups in total. The van der Waals surface area contributed by atoms with Crippen LogP contribution >= 0.6 is 0 Å². The minimum absolute atomic E-state index is 0.00833. The first-order valence-electron chi connectivity index (χ1n) is 12.0. The number of nitrogens with one attached hydrogen (secondary N) is 1. The molecule has 1 amide bonds. The third-order valence-corrected chi connectivity index (χ3v) is 5.24. The first-order chi connectivity index (χ1) is 16.9. The van der Waals surface area contributed by atoms with Crippen LogP contribution in [0.15, 0.2) is 48.1 Å². The molecule has 0 bridgehead atoms. The van der Waals surface area contributed by atoms with Crippen LogP contribution in [-0.2, 0) is 11.3 Å². The van der Waals surface area contributed by atoms with E-state index in [1.165, 1.54) is 13.0 Å². The summed E-state index contributed by atoms with van der Waals surface area (Å²) in [5, 5.41) is 10.5. The first kappa shape index (κ1) is 33.1. The molecule has 0 saturated carbocycles. The fourth-order valence-corrected chi connectivity index (χ4v) is 3.45. The average Bonchev–Trinajstić information content (AvgIpc) is 3.19. The molecule has 0 aliphatic heterocycles. The Morgan fingerprint density at radius 2 is 1.78 bits per heavy atom. The van der Waals surface area contributed by atoms with E-state index < -0.39 is 18.5 Å².